The summed E-state index contributed by atoms with van der Waals surface area (Å²) < 4.78 is 4.91. The quantitative estimate of drug-likeness (QED) is 0.587. The van der Waals surface area contributed by atoms with Gasteiger partial charge in [-0.15, -0.1) is 0 Å². The monoisotopic (exact) mass is 289 g/mol. The predicted molar refractivity (Wildman–Crippen MR) is 83.5 cm³/mol. The fraction of sp³-hybridized carbons (Fsp3) is 0. The Balaban J connectivity index is 1.91. The highest BCUT2D eigenvalue weighted by molar-refractivity contribution is 5.95. The largest absolute Gasteiger partial charge is 0.429 e. The number of H-pyrrole nitrogens is 1. The molecule has 2 heterocycles. The first-order valence-corrected chi connectivity index (χ1v) is 6.79. The van der Waals surface area contributed by atoms with Crippen molar-refractivity contribution in [2.45, 2.75) is 0 Å². The highest BCUT2D eigenvalue weighted by Crippen LogP contribution is 2.30. The van der Waals surface area contributed by atoms with E-state index in [1.54, 1.807) is 18.3 Å². The molecule has 0 unspecified atom stereocenters. The van der Waals surface area contributed by atoms with Crippen molar-refractivity contribution in [2.24, 2.45) is 0 Å². The molecule has 0 fully saturated rings. The van der Waals surface area contributed by atoms with Gasteiger partial charge in [0.05, 0.1) is 11.0 Å². The number of fused-ring (bicyclic) bond motifs is 2. The SMILES string of the molecule is O=COc1ccc2[nH]nc(-c3cnc4ccccc4c3)c2c1. The van der Waals surface area contributed by atoms with Gasteiger partial charge in [0.1, 0.15) is 11.4 Å². The number of aromatic amines is 1. The summed E-state index contributed by atoms with van der Waals surface area (Å²) in [6.45, 7) is 0.415. The number of rotatable bonds is 3. The van der Waals surface area contributed by atoms with Crippen LogP contribution in [0, 0.1) is 0 Å². The zero-order chi connectivity index (χ0) is 14.9. The molecular formula is C17H11N3O2. The Morgan fingerprint density at radius 2 is 2.00 bits per heavy atom. The molecular weight excluding hydrogens is 278 g/mol. The Kier molecular flexibility index (Phi) is 2.83. The smallest absolute Gasteiger partial charge is 0.298 e. The van der Waals surface area contributed by atoms with Gasteiger partial charge in [-0.2, -0.15) is 5.10 Å². The van der Waals surface area contributed by atoms with E-state index in [2.05, 4.69) is 15.2 Å². The molecule has 0 saturated carbocycles. The summed E-state index contributed by atoms with van der Waals surface area (Å²) in [6, 6.07) is 15.3. The normalized spacial score (nSPS) is 10.9. The second-order valence-corrected chi connectivity index (χ2v) is 4.91. The van der Waals surface area contributed by atoms with E-state index < -0.39 is 0 Å². The lowest BCUT2D eigenvalue weighted by Gasteiger charge is -2.02. The molecule has 0 bridgehead atoms. The molecule has 1 N–H and O–H groups in total. The minimum absolute atomic E-state index is 0.415. The second-order valence-electron chi connectivity index (χ2n) is 4.91. The van der Waals surface area contributed by atoms with Gasteiger partial charge in [-0.05, 0) is 30.3 Å². The fourth-order valence-corrected chi connectivity index (χ4v) is 2.54. The molecule has 4 rings (SSSR count). The number of hydrogen-bond donors (Lipinski definition) is 1. The first-order valence-electron chi connectivity index (χ1n) is 6.79. The Hall–Kier alpha value is -3.21. The number of aromatic nitrogens is 3. The lowest BCUT2D eigenvalue weighted by Crippen LogP contribution is -1.88. The highest BCUT2D eigenvalue weighted by Gasteiger charge is 2.10. The molecule has 0 spiro atoms. The van der Waals surface area contributed by atoms with Crippen molar-refractivity contribution in [1.82, 2.24) is 15.2 Å². The van der Waals surface area contributed by atoms with Gasteiger partial charge in [0.25, 0.3) is 6.47 Å². The summed E-state index contributed by atoms with van der Waals surface area (Å²) in [5, 5.41) is 9.28. The van der Waals surface area contributed by atoms with Crippen LogP contribution in [0.3, 0.4) is 0 Å². The first-order chi connectivity index (χ1) is 10.8. The van der Waals surface area contributed by atoms with Crippen LogP contribution in [-0.4, -0.2) is 21.7 Å². The number of benzene rings is 2. The van der Waals surface area contributed by atoms with Crippen LogP contribution in [0.15, 0.2) is 54.7 Å². The summed E-state index contributed by atoms with van der Waals surface area (Å²) in [5.74, 6) is 0.485. The van der Waals surface area contributed by atoms with Gasteiger partial charge in [-0.3, -0.25) is 14.9 Å². The number of carbonyl (C=O) groups is 1. The summed E-state index contributed by atoms with van der Waals surface area (Å²) in [5.41, 5.74) is 3.51. The number of nitrogens with zero attached hydrogens (tertiary/aromatic N) is 2. The molecule has 0 aliphatic rings. The predicted octanol–water partition coefficient (Wildman–Crippen LogP) is 3.31. The van der Waals surface area contributed by atoms with Crippen molar-refractivity contribution in [3.05, 3.63) is 54.7 Å². The van der Waals surface area contributed by atoms with E-state index in [0.29, 0.717) is 12.2 Å². The van der Waals surface area contributed by atoms with E-state index in [4.69, 9.17) is 4.74 Å². The molecule has 0 aliphatic heterocycles. The number of para-hydroxylation sites is 1. The van der Waals surface area contributed by atoms with Gasteiger partial charge in [-0.25, -0.2) is 0 Å². The maximum Gasteiger partial charge on any atom is 0.298 e. The lowest BCUT2D eigenvalue weighted by atomic mass is 10.1. The van der Waals surface area contributed by atoms with Crippen LogP contribution < -0.4 is 4.74 Å². The number of ether oxygens (including phenoxy) is 1. The summed E-state index contributed by atoms with van der Waals surface area (Å²) in [6.07, 6.45) is 1.80. The molecule has 2 aromatic carbocycles. The summed E-state index contributed by atoms with van der Waals surface area (Å²) in [7, 11) is 0. The minimum atomic E-state index is 0.415. The number of hydrogen-bond acceptors (Lipinski definition) is 4. The third-order valence-electron chi connectivity index (χ3n) is 3.58. The van der Waals surface area contributed by atoms with E-state index in [9.17, 15) is 4.79 Å². The molecule has 4 aromatic rings. The molecule has 0 atom stereocenters. The van der Waals surface area contributed by atoms with Crippen LogP contribution in [0.5, 0.6) is 5.75 Å². The minimum Gasteiger partial charge on any atom is -0.429 e. The average Bonchev–Trinajstić information content (AvgIpc) is 2.98. The molecule has 5 heteroatoms. The fourth-order valence-electron chi connectivity index (χ4n) is 2.54. The molecule has 0 radical (unpaired) electrons. The maximum absolute atomic E-state index is 10.5. The highest BCUT2D eigenvalue weighted by atomic mass is 16.5. The third kappa shape index (κ3) is 2.00. The van der Waals surface area contributed by atoms with Crippen LogP contribution >= 0.6 is 0 Å². The summed E-state index contributed by atoms with van der Waals surface area (Å²) >= 11 is 0. The van der Waals surface area contributed by atoms with E-state index in [1.807, 2.05) is 36.4 Å². The van der Waals surface area contributed by atoms with Crippen molar-refractivity contribution in [2.75, 3.05) is 0 Å². The van der Waals surface area contributed by atoms with Crippen molar-refractivity contribution in [1.29, 1.82) is 0 Å². The number of pyridine rings is 1. The van der Waals surface area contributed by atoms with E-state index in [-0.39, 0.29) is 0 Å². The van der Waals surface area contributed by atoms with Crippen LogP contribution in [0.2, 0.25) is 0 Å². The van der Waals surface area contributed by atoms with Gasteiger partial charge in [0, 0.05) is 22.5 Å². The Morgan fingerprint density at radius 1 is 1.09 bits per heavy atom. The summed E-state index contributed by atoms with van der Waals surface area (Å²) in [4.78, 5) is 15.0. The van der Waals surface area contributed by atoms with Gasteiger partial charge < -0.3 is 4.74 Å². The molecule has 2 aromatic heterocycles. The Morgan fingerprint density at radius 3 is 2.91 bits per heavy atom. The van der Waals surface area contributed by atoms with Crippen molar-refractivity contribution in [3.63, 3.8) is 0 Å². The zero-order valence-corrected chi connectivity index (χ0v) is 11.5. The van der Waals surface area contributed by atoms with Gasteiger partial charge in [0.15, 0.2) is 0 Å². The van der Waals surface area contributed by atoms with Crippen molar-refractivity contribution < 1.29 is 9.53 Å². The first kappa shape index (κ1) is 12.5. The van der Waals surface area contributed by atoms with Crippen LogP contribution in [0.1, 0.15) is 0 Å². The topological polar surface area (TPSA) is 67.9 Å². The molecule has 5 nitrogen and oxygen atoms in total. The Bertz CT molecular complexity index is 991. The number of nitrogens with one attached hydrogen (secondary N) is 1. The van der Waals surface area contributed by atoms with E-state index >= 15 is 0 Å². The average molecular weight is 289 g/mol. The van der Waals surface area contributed by atoms with Gasteiger partial charge in [0.2, 0.25) is 0 Å². The third-order valence-corrected chi connectivity index (χ3v) is 3.58. The standard InChI is InChI=1S/C17H11N3O2/c21-10-22-13-5-6-16-14(8-13)17(20-19-16)12-7-11-3-1-2-4-15(11)18-9-12/h1-10H,(H,19,20). The Labute approximate surface area is 125 Å². The molecule has 0 amide bonds. The van der Waals surface area contributed by atoms with Gasteiger partial charge >= 0.3 is 0 Å². The van der Waals surface area contributed by atoms with Crippen molar-refractivity contribution in [3.8, 4) is 17.0 Å². The molecule has 0 saturated heterocycles. The van der Waals surface area contributed by atoms with Gasteiger partial charge in [-0.1, -0.05) is 18.2 Å². The van der Waals surface area contributed by atoms with Crippen LogP contribution in [0.25, 0.3) is 33.1 Å². The van der Waals surface area contributed by atoms with Crippen molar-refractivity contribution >= 4 is 28.3 Å². The molecule has 106 valence electrons. The lowest BCUT2D eigenvalue weighted by molar-refractivity contribution is -0.120. The zero-order valence-electron chi connectivity index (χ0n) is 11.5. The second kappa shape index (κ2) is 4.96. The maximum atomic E-state index is 10.5. The van der Waals surface area contributed by atoms with E-state index in [1.165, 1.54) is 0 Å². The van der Waals surface area contributed by atoms with Crippen LogP contribution in [0.4, 0.5) is 0 Å². The van der Waals surface area contributed by atoms with E-state index in [0.717, 1.165) is 33.1 Å². The molecule has 22 heavy (non-hydrogen) atoms. The number of carbonyl (C=O) groups excluding carboxylic acids is 1. The molecule has 0 aliphatic carbocycles. The van der Waals surface area contributed by atoms with Crippen LogP contribution in [-0.2, 0) is 4.79 Å².